The quantitative estimate of drug-likeness (QED) is 0.437. The highest BCUT2D eigenvalue weighted by Crippen LogP contribution is 2.46. The molecule has 0 aromatic heterocycles. The molecule has 3 rings (SSSR count). The Bertz CT molecular complexity index is 341. The van der Waals surface area contributed by atoms with Gasteiger partial charge in [-0.2, -0.15) is 0 Å². The van der Waals surface area contributed by atoms with Crippen molar-refractivity contribution < 1.29 is 4.39 Å². The fourth-order valence-corrected chi connectivity index (χ4v) is 6.76. The summed E-state index contributed by atoms with van der Waals surface area (Å²) in [4.78, 5) is 0. The van der Waals surface area contributed by atoms with Crippen LogP contribution in [-0.2, 0) is 0 Å². The Morgan fingerprint density at radius 2 is 0.920 bits per heavy atom. The Hall–Kier alpha value is -0.0700. The maximum atomic E-state index is 12.4. The molecule has 0 amide bonds. The first kappa shape index (κ1) is 19.7. The summed E-state index contributed by atoms with van der Waals surface area (Å²) in [7, 11) is 0. The van der Waals surface area contributed by atoms with Gasteiger partial charge in [-0.15, -0.1) is 0 Å². The minimum atomic E-state index is -0.107. The first-order chi connectivity index (χ1) is 12.3. The van der Waals surface area contributed by atoms with Crippen molar-refractivity contribution in [3.8, 4) is 0 Å². The summed E-state index contributed by atoms with van der Waals surface area (Å²) in [6.45, 7) is 2.24. The summed E-state index contributed by atoms with van der Waals surface area (Å²) < 4.78 is 12.4. The summed E-state index contributed by atoms with van der Waals surface area (Å²) >= 11 is 0. The smallest absolute Gasteiger partial charge is 0.0894 e. The predicted octanol–water partition coefficient (Wildman–Crippen LogP) is 7.96. The van der Waals surface area contributed by atoms with E-state index in [1.807, 2.05) is 0 Å². The normalized spacial score (nSPS) is 40.1. The van der Waals surface area contributed by atoms with Gasteiger partial charge in [-0.1, -0.05) is 45.4 Å². The van der Waals surface area contributed by atoms with Gasteiger partial charge >= 0.3 is 0 Å². The van der Waals surface area contributed by atoms with E-state index in [1.54, 1.807) is 12.8 Å². The Kier molecular flexibility index (Phi) is 8.12. The summed E-state index contributed by atoms with van der Waals surface area (Å²) in [5.41, 5.74) is 0. The monoisotopic (exact) mass is 350 g/mol. The van der Waals surface area contributed by atoms with Crippen molar-refractivity contribution >= 4 is 0 Å². The highest BCUT2D eigenvalue weighted by Gasteiger charge is 2.34. The second-order valence-electron chi connectivity index (χ2n) is 9.86. The molecule has 3 aliphatic carbocycles. The van der Waals surface area contributed by atoms with Gasteiger partial charge in [-0.05, 0) is 99.7 Å². The van der Waals surface area contributed by atoms with E-state index in [2.05, 4.69) is 6.92 Å². The zero-order valence-corrected chi connectivity index (χ0v) is 16.9. The summed E-state index contributed by atoms with van der Waals surface area (Å²) in [5, 5.41) is 0. The van der Waals surface area contributed by atoms with Crippen LogP contribution < -0.4 is 0 Å². The van der Waals surface area contributed by atoms with E-state index < -0.39 is 0 Å². The predicted molar refractivity (Wildman–Crippen MR) is 106 cm³/mol. The molecule has 0 atom stereocenters. The molecule has 0 aliphatic heterocycles. The van der Waals surface area contributed by atoms with E-state index in [9.17, 15) is 4.39 Å². The minimum absolute atomic E-state index is 0.107. The largest absolute Gasteiger partial charge is 0.251 e. The van der Waals surface area contributed by atoms with Crippen molar-refractivity contribution in [2.75, 3.05) is 6.67 Å². The van der Waals surface area contributed by atoms with Crippen molar-refractivity contribution in [1.29, 1.82) is 0 Å². The number of rotatable bonds is 7. The molecular formula is C24H43F. The maximum Gasteiger partial charge on any atom is 0.0894 e. The molecule has 0 aromatic rings. The third kappa shape index (κ3) is 5.70. The zero-order valence-electron chi connectivity index (χ0n) is 16.9. The van der Waals surface area contributed by atoms with Crippen LogP contribution in [0.1, 0.15) is 110 Å². The van der Waals surface area contributed by atoms with E-state index in [0.717, 1.165) is 48.3 Å². The van der Waals surface area contributed by atoms with Gasteiger partial charge < -0.3 is 0 Å². The van der Waals surface area contributed by atoms with E-state index in [4.69, 9.17) is 0 Å². The number of alkyl halides is 1. The molecule has 25 heavy (non-hydrogen) atoms. The molecule has 3 aliphatic rings. The molecule has 0 heterocycles. The van der Waals surface area contributed by atoms with Crippen LogP contribution in [0.25, 0.3) is 0 Å². The first-order valence-corrected chi connectivity index (χ1v) is 11.9. The number of hydrogen-bond donors (Lipinski definition) is 0. The second kappa shape index (κ2) is 10.3. The van der Waals surface area contributed by atoms with Crippen molar-refractivity contribution in [1.82, 2.24) is 0 Å². The van der Waals surface area contributed by atoms with Crippen molar-refractivity contribution in [3.63, 3.8) is 0 Å². The lowest BCUT2D eigenvalue weighted by Crippen LogP contribution is -2.29. The van der Waals surface area contributed by atoms with Gasteiger partial charge in [0, 0.05) is 0 Å². The van der Waals surface area contributed by atoms with Crippen LogP contribution in [0.3, 0.4) is 0 Å². The molecule has 0 aromatic carbocycles. The lowest BCUT2D eigenvalue weighted by atomic mass is 9.64. The second-order valence-corrected chi connectivity index (χ2v) is 9.86. The van der Waals surface area contributed by atoms with Crippen LogP contribution in [-0.4, -0.2) is 6.67 Å². The average Bonchev–Trinajstić information content (AvgIpc) is 2.68. The molecular weight excluding hydrogens is 307 g/mol. The lowest BCUT2D eigenvalue weighted by Gasteiger charge is -2.41. The van der Waals surface area contributed by atoms with Gasteiger partial charge in [-0.25, -0.2) is 0 Å². The third-order valence-corrected chi connectivity index (χ3v) is 8.38. The standard InChI is InChI=1S/C24H43F/c1-2-4-19-6-10-21(11-7-19)23-14-16-24(17-15-23)22-12-8-20(9-13-22)5-3-18-25/h19-24H,2-18H2,1H3. The van der Waals surface area contributed by atoms with E-state index >= 15 is 0 Å². The molecule has 0 radical (unpaired) electrons. The van der Waals surface area contributed by atoms with Gasteiger partial charge in [0.15, 0.2) is 0 Å². The summed E-state index contributed by atoms with van der Waals surface area (Å²) in [6, 6.07) is 0. The van der Waals surface area contributed by atoms with E-state index in [-0.39, 0.29) is 6.67 Å². The molecule has 0 nitrogen and oxygen atoms in total. The Morgan fingerprint density at radius 1 is 0.560 bits per heavy atom. The fourth-order valence-electron chi connectivity index (χ4n) is 6.76. The maximum absolute atomic E-state index is 12.4. The molecule has 1 heteroatoms. The molecule has 0 spiro atoms. The van der Waals surface area contributed by atoms with Crippen molar-refractivity contribution in [3.05, 3.63) is 0 Å². The fraction of sp³-hybridized carbons (Fsp3) is 1.00. The SMILES string of the molecule is CCCC1CCC(C2CCC(C3CCC(CCCF)CC3)CC2)CC1. The van der Waals surface area contributed by atoms with E-state index in [0.29, 0.717) is 0 Å². The third-order valence-electron chi connectivity index (χ3n) is 8.38. The molecule has 3 fully saturated rings. The van der Waals surface area contributed by atoms with Gasteiger partial charge in [0.25, 0.3) is 0 Å². The summed E-state index contributed by atoms with van der Waals surface area (Å²) in [6.07, 6.45) is 22.8. The Labute approximate surface area is 156 Å². The van der Waals surface area contributed by atoms with Gasteiger partial charge in [0.05, 0.1) is 6.67 Å². The lowest BCUT2D eigenvalue weighted by molar-refractivity contribution is 0.102. The van der Waals surface area contributed by atoms with Gasteiger partial charge in [0.2, 0.25) is 0 Å². The van der Waals surface area contributed by atoms with Crippen molar-refractivity contribution in [2.45, 2.75) is 110 Å². The van der Waals surface area contributed by atoms with Crippen molar-refractivity contribution in [2.24, 2.45) is 35.5 Å². The highest BCUT2D eigenvalue weighted by atomic mass is 19.1. The zero-order chi connectivity index (χ0) is 17.5. The van der Waals surface area contributed by atoms with Crippen LogP contribution >= 0.6 is 0 Å². The van der Waals surface area contributed by atoms with Crippen LogP contribution in [0.2, 0.25) is 0 Å². The minimum Gasteiger partial charge on any atom is -0.251 e. The van der Waals surface area contributed by atoms with E-state index in [1.165, 1.54) is 77.0 Å². The Morgan fingerprint density at radius 3 is 1.28 bits per heavy atom. The van der Waals surface area contributed by atoms with Gasteiger partial charge in [0.1, 0.15) is 0 Å². The highest BCUT2D eigenvalue weighted by molar-refractivity contribution is 4.85. The first-order valence-electron chi connectivity index (χ1n) is 11.9. The molecule has 3 saturated carbocycles. The summed E-state index contributed by atoms with van der Waals surface area (Å²) in [5.74, 6) is 6.11. The molecule has 0 saturated heterocycles. The Balaban J connectivity index is 1.34. The molecule has 0 N–H and O–H groups in total. The van der Waals surface area contributed by atoms with Crippen LogP contribution in [0, 0.1) is 35.5 Å². The number of halogens is 1. The van der Waals surface area contributed by atoms with Crippen LogP contribution in [0.5, 0.6) is 0 Å². The molecule has 0 unspecified atom stereocenters. The topological polar surface area (TPSA) is 0 Å². The molecule has 146 valence electrons. The molecule has 0 bridgehead atoms. The van der Waals surface area contributed by atoms with Crippen LogP contribution in [0.4, 0.5) is 4.39 Å². The average molecular weight is 351 g/mol. The van der Waals surface area contributed by atoms with Gasteiger partial charge in [-0.3, -0.25) is 4.39 Å². The number of hydrogen-bond acceptors (Lipinski definition) is 0. The van der Waals surface area contributed by atoms with Crippen LogP contribution in [0.15, 0.2) is 0 Å².